The fraction of sp³-hybridized carbons (Fsp3) is 0.588. The summed E-state index contributed by atoms with van der Waals surface area (Å²) in [5, 5.41) is 3.15. The van der Waals surface area contributed by atoms with Gasteiger partial charge < -0.3 is 5.32 Å². The average Bonchev–Trinajstić information content (AvgIpc) is 2.40. The van der Waals surface area contributed by atoms with E-state index in [0.29, 0.717) is 12.3 Å². The predicted molar refractivity (Wildman–Crippen MR) is 78.9 cm³/mol. The monoisotopic (exact) mass is 259 g/mol. The molecule has 2 heteroatoms. The number of rotatable bonds is 4. The number of benzene rings is 1. The van der Waals surface area contributed by atoms with Gasteiger partial charge in [0.2, 0.25) is 5.91 Å². The maximum Gasteiger partial charge on any atom is 0.220 e. The Bertz CT molecular complexity index is 421. The van der Waals surface area contributed by atoms with Gasteiger partial charge in [-0.15, -0.1) is 0 Å². The molecule has 1 N–H and O–H groups in total. The van der Waals surface area contributed by atoms with E-state index < -0.39 is 0 Å². The Hall–Kier alpha value is -1.31. The van der Waals surface area contributed by atoms with E-state index in [0.717, 1.165) is 0 Å². The lowest BCUT2D eigenvalue weighted by atomic mass is 9.87. The predicted octanol–water partition coefficient (Wildman–Crippen LogP) is 4.14. The SMILES string of the molecule is Cc1ccccc1C(C)NC(=O)CC1CCCCC1. The van der Waals surface area contributed by atoms with Gasteiger partial charge in [0.25, 0.3) is 0 Å². The van der Waals surface area contributed by atoms with Crippen LogP contribution in [0.15, 0.2) is 24.3 Å². The second-order valence-electron chi connectivity index (χ2n) is 5.85. The summed E-state index contributed by atoms with van der Waals surface area (Å²) in [5.74, 6) is 0.820. The van der Waals surface area contributed by atoms with Gasteiger partial charge in [-0.3, -0.25) is 4.79 Å². The molecule has 1 amide bonds. The summed E-state index contributed by atoms with van der Waals surface area (Å²) < 4.78 is 0. The summed E-state index contributed by atoms with van der Waals surface area (Å²) in [5.41, 5.74) is 2.47. The molecule has 104 valence electrons. The van der Waals surface area contributed by atoms with Crippen LogP contribution < -0.4 is 5.32 Å². The largest absolute Gasteiger partial charge is 0.350 e. The molecule has 1 aromatic carbocycles. The maximum absolute atomic E-state index is 12.1. The van der Waals surface area contributed by atoms with Crippen LogP contribution in [-0.4, -0.2) is 5.91 Å². The Balaban J connectivity index is 1.86. The van der Waals surface area contributed by atoms with Crippen LogP contribution in [0.5, 0.6) is 0 Å². The van der Waals surface area contributed by atoms with Gasteiger partial charge in [-0.05, 0) is 43.7 Å². The van der Waals surface area contributed by atoms with Crippen LogP contribution in [0.4, 0.5) is 0 Å². The van der Waals surface area contributed by atoms with Gasteiger partial charge in [0, 0.05) is 6.42 Å². The molecule has 2 nitrogen and oxygen atoms in total. The van der Waals surface area contributed by atoms with Crippen molar-refractivity contribution in [1.29, 1.82) is 0 Å². The lowest BCUT2D eigenvalue weighted by Crippen LogP contribution is -2.29. The highest BCUT2D eigenvalue weighted by molar-refractivity contribution is 5.76. The lowest BCUT2D eigenvalue weighted by Gasteiger charge is -2.22. The fourth-order valence-corrected chi connectivity index (χ4v) is 3.10. The number of amides is 1. The number of hydrogen-bond donors (Lipinski definition) is 1. The highest BCUT2D eigenvalue weighted by atomic mass is 16.1. The molecular weight excluding hydrogens is 234 g/mol. The van der Waals surface area contributed by atoms with Crippen LogP contribution in [0, 0.1) is 12.8 Å². The zero-order chi connectivity index (χ0) is 13.7. The molecule has 1 aliphatic carbocycles. The van der Waals surface area contributed by atoms with Crippen LogP contribution >= 0.6 is 0 Å². The smallest absolute Gasteiger partial charge is 0.220 e. The van der Waals surface area contributed by atoms with E-state index in [4.69, 9.17) is 0 Å². The third-order valence-electron chi connectivity index (χ3n) is 4.23. The molecular formula is C17H25NO. The second-order valence-corrected chi connectivity index (χ2v) is 5.85. The first-order valence-corrected chi connectivity index (χ1v) is 7.51. The van der Waals surface area contributed by atoms with Crippen LogP contribution in [0.1, 0.15) is 62.6 Å². The number of carbonyl (C=O) groups is 1. The minimum atomic E-state index is 0.109. The molecule has 0 radical (unpaired) electrons. The van der Waals surface area contributed by atoms with E-state index in [2.05, 4.69) is 31.3 Å². The molecule has 0 saturated heterocycles. The van der Waals surface area contributed by atoms with E-state index in [1.807, 2.05) is 12.1 Å². The Morgan fingerprint density at radius 2 is 1.95 bits per heavy atom. The molecule has 1 aliphatic rings. The molecule has 0 aromatic heterocycles. The van der Waals surface area contributed by atoms with E-state index in [-0.39, 0.29) is 11.9 Å². The standard InChI is InChI=1S/C17H25NO/c1-13-8-6-7-11-16(13)14(2)18-17(19)12-15-9-4-3-5-10-15/h6-8,11,14-15H,3-5,9-10,12H2,1-2H3,(H,18,19). The van der Waals surface area contributed by atoms with Crippen LogP contribution in [0.3, 0.4) is 0 Å². The van der Waals surface area contributed by atoms with Crippen molar-refractivity contribution in [3.05, 3.63) is 35.4 Å². The van der Waals surface area contributed by atoms with Crippen molar-refractivity contribution in [2.75, 3.05) is 0 Å². The van der Waals surface area contributed by atoms with Crippen molar-refractivity contribution in [2.24, 2.45) is 5.92 Å². The lowest BCUT2D eigenvalue weighted by molar-refractivity contribution is -0.122. The quantitative estimate of drug-likeness (QED) is 0.865. The van der Waals surface area contributed by atoms with Crippen molar-refractivity contribution in [2.45, 2.75) is 58.4 Å². The summed E-state index contributed by atoms with van der Waals surface area (Å²) in [7, 11) is 0. The summed E-state index contributed by atoms with van der Waals surface area (Å²) in [4.78, 5) is 12.1. The van der Waals surface area contributed by atoms with E-state index in [9.17, 15) is 4.79 Å². The van der Waals surface area contributed by atoms with Gasteiger partial charge in [0.05, 0.1) is 6.04 Å². The molecule has 0 heterocycles. The minimum Gasteiger partial charge on any atom is -0.350 e. The Kier molecular flexibility index (Phi) is 5.00. The molecule has 0 aliphatic heterocycles. The number of aryl methyl sites for hydroxylation is 1. The van der Waals surface area contributed by atoms with Gasteiger partial charge in [-0.1, -0.05) is 43.5 Å². The van der Waals surface area contributed by atoms with E-state index >= 15 is 0 Å². The molecule has 1 unspecified atom stereocenters. The van der Waals surface area contributed by atoms with Crippen molar-refractivity contribution in [3.8, 4) is 0 Å². The Morgan fingerprint density at radius 3 is 2.63 bits per heavy atom. The Morgan fingerprint density at radius 1 is 1.26 bits per heavy atom. The van der Waals surface area contributed by atoms with Crippen molar-refractivity contribution in [1.82, 2.24) is 5.32 Å². The maximum atomic E-state index is 12.1. The van der Waals surface area contributed by atoms with Gasteiger partial charge >= 0.3 is 0 Å². The summed E-state index contributed by atoms with van der Waals surface area (Å²) in [6.07, 6.45) is 7.10. The molecule has 19 heavy (non-hydrogen) atoms. The second kappa shape index (κ2) is 6.74. The number of hydrogen-bond acceptors (Lipinski definition) is 1. The highest BCUT2D eigenvalue weighted by Crippen LogP contribution is 2.26. The zero-order valence-corrected chi connectivity index (χ0v) is 12.1. The van der Waals surface area contributed by atoms with Gasteiger partial charge in [-0.2, -0.15) is 0 Å². The van der Waals surface area contributed by atoms with Crippen molar-refractivity contribution < 1.29 is 4.79 Å². The van der Waals surface area contributed by atoms with Crippen molar-refractivity contribution in [3.63, 3.8) is 0 Å². The summed E-state index contributed by atoms with van der Waals surface area (Å²) in [6.45, 7) is 4.17. The first-order chi connectivity index (χ1) is 9.16. The third-order valence-corrected chi connectivity index (χ3v) is 4.23. The van der Waals surface area contributed by atoms with Crippen molar-refractivity contribution >= 4 is 5.91 Å². The molecule has 1 aromatic rings. The number of nitrogens with one attached hydrogen (secondary N) is 1. The third kappa shape index (κ3) is 4.09. The van der Waals surface area contributed by atoms with Crippen LogP contribution in [0.25, 0.3) is 0 Å². The van der Waals surface area contributed by atoms with Crippen LogP contribution in [-0.2, 0) is 4.79 Å². The molecule has 0 spiro atoms. The molecule has 1 saturated carbocycles. The van der Waals surface area contributed by atoms with Gasteiger partial charge in [0.15, 0.2) is 0 Å². The van der Waals surface area contributed by atoms with Gasteiger partial charge in [0.1, 0.15) is 0 Å². The molecule has 2 rings (SSSR count). The normalized spacial score (nSPS) is 18.0. The fourth-order valence-electron chi connectivity index (χ4n) is 3.10. The Labute approximate surface area is 116 Å². The molecule has 0 bridgehead atoms. The summed E-state index contributed by atoms with van der Waals surface area (Å²) >= 11 is 0. The molecule has 1 fully saturated rings. The highest BCUT2D eigenvalue weighted by Gasteiger charge is 2.18. The van der Waals surface area contributed by atoms with E-state index in [1.165, 1.54) is 43.2 Å². The van der Waals surface area contributed by atoms with Crippen LogP contribution in [0.2, 0.25) is 0 Å². The topological polar surface area (TPSA) is 29.1 Å². The zero-order valence-electron chi connectivity index (χ0n) is 12.1. The summed E-state index contributed by atoms with van der Waals surface area (Å²) in [6, 6.07) is 8.37. The first-order valence-electron chi connectivity index (χ1n) is 7.51. The average molecular weight is 259 g/mol. The molecule has 1 atom stereocenters. The van der Waals surface area contributed by atoms with E-state index in [1.54, 1.807) is 0 Å². The van der Waals surface area contributed by atoms with Gasteiger partial charge in [-0.25, -0.2) is 0 Å². The minimum absolute atomic E-state index is 0.109. The number of carbonyl (C=O) groups excluding carboxylic acids is 1. The first kappa shape index (κ1) is 14.1.